The number of hydrogen-bond acceptors (Lipinski definition) is 2. The second kappa shape index (κ2) is 7.22. The molecule has 1 aromatic rings. The largest absolute Gasteiger partial charge is 0.396 e. The monoisotopic (exact) mass is 317 g/mol. The molecule has 1 aromatic carbocycles. The zero-order chi connectivity index (χ0) is 13.6. The van der Waals surface area contributed by atoms with E-state index < -0.39 is 0 Å². The van der Waals surface area contributed by atoms with E-state index in [1.54, 1.807) is 12.1 Å². The van der Waals surface area contributed by atoms with Crippen LogP contribution in [-0.2, 0) is 6.54 Å². The molecule has 0 aliphatic rings. The van der Waals surface area contributed by atoms with E-state index in [1.165, 1.54) is 6.07 Å². The number of nitrogens with one attached hydrogen (secondary N) is 1. The molecule has 0 aromatic heterocycles. The molecule has 18 heavy (non-hydrogen) atoms. The van der Waals surface area contributed by atoms with Crippen molar-refractivity contribution in [2.24, 2.45) is 5.41 Å². The second-order valence-electron chi connectivity index (χ2n) is 5.34. The highest BCUT2D eigenvalue weighted by molar-refractivity contribution is 9.10. The van der Waals surface area contributed by atoms with Crippen LogP contribution >= 0.6 is 15.9 Å². The summed E-state index contributed by atoms with van der Waals surface area (Å²) in [5.41, 5.74) is 1.22. The lowest BCUT2D eigenvalue weighted by Crippen LogP contribution is -2.29. The van der Waals surface area contributed by atoms with Crippen LogP contribution < -0.4 is 5.32 Å². The molecule has 0 unspecified atom stereocenters. The van der Waals surface area contributed by atoms with Gasteiger partial charge in [0, 0.05) is 19.7 Å². The fourth-order valence-electron chi connectivity index (χ4n) is 1.84. The van der Waals surface area contributed by atoms with Gasteiger partial charge in [-0.05, 0) is 51.9 Å². The summed E-state index contributed by atoms with van der Waals surface area (Å²) < 4.78 is 13.6. The van der Waals surface area contributed by atoms with Gasteiger partial charge in [0.25, 0.3) is 0 Å². The molecule has 2 nitrogen and oxygen atoms in total. The number of halogens is 2. The average Bonchev–Trinajstić information content (AvgIpc) is 2.31. The molecule has 0 radical (unpaired) electrons. The van der Waals surface area contributed by atoms with Gasteiger partial charge in [0.2, 0.25) is 0 Å². The van der Waals surface area contributed by atoms with Gasteiger partial charge in [-0.3, -0.25) is 0 Å². The fourth-order valence-corrected chi connectivity index (χ4v) is 2.27. The molecule has 0 atom stereocenters. The van der Waals surface area contributed by atoms with Gasteiger partial charge in [-0.25, -0.2) is 4.39 Å². The Morgan fingerprint density at radius 1 is 1.39 bits per heavy atom. The van der Waals surface area contributed by atoms with Gasteiger partial charge < -0.3 is 10.4 Å². The molecule has 4 heteroatoms. The van der Waals surface area contributed by atoms with Gasteiger partial charge in [-0.2, -0.15) is 0 Å². The average molecular weight is 318 g/mol. The minimum atomic E-state index is -0.234. The van der Waals surface area contributed by atoms with Crippen LogP contribution in [0.5, 0.6) is 0 Å². The lowest BCUT2D eigenvalue weighted by atomic mass is 9.88. The van der Waals surface area contributed by atoms with Crippen molar-refractivity contribution >= 4 is 15.9 Å². The van der Waals surface area contributed by atoms with E-state index in [0.717, 1.165) is 31.5 Å². The normalized spacial score (nSPS) is 11.8. The summed E-state index contributed by atoms with van der Waals surface area (Å²) >= 11 is 3.18. The summed E-state index contributed by atoms with van der Waals surface area (Å²) in [7, 11) is 0. The third-order valence-corrected chi connectivity index (χ3v) is 3.54. The highest BCUT2D eigenvalue weighted by Crippen LogP contribution is 2.21. The van der Waals surface area contributed by atoms with Crippen LogP contribution in [0.1, 0.15) is 32.3 Å². The van der Waals surface area contributed by atoms with E-state index in [4.69, 9.17) is 5.11 Å². The first-order chi connectivity index (χ1) is 8.44. The van der Waals surface area contributed by atoms with Crippen molar-refractivity contribution < 1.29 is 9.50 Å². The maximum atomic E-state index is 13.1. The molecule has 0 spiro atoms. The van der Waals surface area contributed by atoms with Crippen molar-refractivity contribution in [3.63, 3.8) is 0 Å². The molecule has 1 rings (SSSR count). The van der Waals surface area contributed by atoms with Crippen molar-refractivity contribution in [3.8, 4) is 0 Å². The maximum Gasteiger partial charge on any atom is 0.137 e. The SMILES string of the molecule is CC(C)(CCCO)CNCc1ccc(F)c(Br)c1. The zero-order valence-electron chi connectivity index (χ0n) is 11.0. The molecular weight excluding hydrogens is 297 g/mol. The summed E-state index contributed by atoms with van der Waals surface area (Å²) in [6.45, 7) is 6.20. The number of aliphatic hydroxyl groups is 1. The van der Waals surface area contributed by atoms with E-state index in [-0.39, 0.29) is 17.8 Å². The van der Waals surface area contributed by atoms with E-state index in [0.29, 0.717) is 4.47 Å². The lowest BCUT2D eigenvalue weighted by Gasteiger charge is -2.24. The van der Waals surface area contributed by atoms with Crippen LogP contribution in [0.15, 0.2) is 22.7 Å². The van der Waals surface area contributed by atoms with Crippen molar-refractivity contribution in [2.45, 2.75) is 33.2 Å². The first-order valence-corrected chi connectivity index (χ1v) is 6.99. The predicted molar refractivity (Wildman–Crippen MR) is 75.9 cm³/mol. The summed E-state index contributed by atoms with van der Waals surface area (Å²) in [4.78, 5) is 0. The number of hydrogen-bond donors (Lipinski definition) is 2. The first-order valence-electron chi connectivity index (χ1n) is 6.20. The van der Waals surface area contributed by atoms with Gasteiger partial charge >= 0.3 is 0 Å². The third-order valence-electron chi connectivity index (χ3n) is 2.93. The van der Waals surface area contributed by atoms with Crippen molar-refractivity contribution in [1.29, 1.82) is 0 Å². The predicted octanol–water partition coefficient (Wildman–Crippen LogP) is 3.48. The van der Waals surface area contributed by atoms with Crippen LogP contribution in [0, 0.1) is 11.2 Å². The molecule has 0 saturated heterocycles. The summed E-state index contributed by atoms with van der Waals surface area (Å²) in [6, 6.07) is 5.05. The van der Waals surface area contributed by atoms with E-state index in [1.807, 2.05) is 0 Å². The molecule has 0 fully saturated rings. The zero-order valence-corrected chi connectivity index (χ0v) is 12.6. The van der Waals surface area contributed by atoms with Gasteiger partial charge in [0.15, 0.2) is 0 Å². The minimum Gasteiger partial charge on any atom is -0.396 e. The maximum absolute atomic E-state index is 13.1. The standard InChI is InChI=1S/C14H21BrFNO/c1-14(2,6-3-7-18)10-17-9-11-4-5-13(16)12(15)8-11/h4-5,8,17-18H,3,6-7,9-10H2,1-2H3. The second-order valence-corrected chi connectivity index (χ2v) is 6.20. The number of rotatable bonds is 7. The smallest absolute Gasteiger partial charge is 0.137 e. The van der Waals surface area contributed by atoms with Crippen LogP contribution in [-0.4, -0.2) is 18.3 Å². The summed E-state index contributed by atoms with van der Waals surface area (Å²) in [5.74, 6) is -0.234. The van der Waals surface area contributed by atoms with Crippen LogP contribution in [0.4, 0.5) is 4.39 Å². The van der Waals surface area contributed by atoms with Crippen LogP contribution in [0.25, 0.3) is 0 Å². The van der Waals surface area contributed by atoms with Crippen molar-refractivity contribution in [1.82, 2.24) is 5.32 Å². The Morgan fingerprint density at radius 3 is 2.72 bits per heavy atom. The van der Waals surface area contributed by atoms with E-state index in [2.05, 4.69) is 35.1 Å². The topological polar surface area (TPSA) is 32.3 Å². The number of benzene rings is 1. The Balaban J connectivity index is 2.39. The fraction of sp³-hybridized carbons (Fsp3) is 0.571. The third kappa shape index (κ3) is 5.46. The quantitative estimate of drug-likeness (QED) is 0.807. The van der Waals surface area contributed by atoms with Crippen molar-refractivity contribution in [3.05, 3.63) is 34.1 Å². The minimum absolute atomic E-state index is 0.167. The van der Waals surface area contributed by atoms with Crippen molar-refractivity contribution in [2.75, 3.05) is 13.2 Å². The Morgan fingerprint density at radius 2 is 2.11 bits per heavy atom. The van der Waals surface area contributed by atoms with E-state index >= 15 is 0 Å². The summed E-state index contributed by atoms with van der Waals surface area (Å²) in [5, 5.41) is 12.2. The number of aliphatic hydroxyl groups excluding tert-OH is 1. The molecule has 0 heterocycles. The molecule has 102 valence electrons. The Bertz CT molecular complexity index is 382. The Labute approximate surface area is 117 Å². The molecule has 0 aliphatic heterocycles. The van der Waals surface area contributed by atoms with Gasteiger partial charge in [-0.1, -0.05) is 19.9 Å². The lowest BCUT2D eigenvalue weighted by molar-refractivity contribution is 0.236. The van der Waals surface area contributed by atoms with E-state index in [9.17, 15) is 4.39 Å². The molecule has 2 N–H and O–H groups in total. The molecule has 0 amide bonds. The molecule has 0 aliphatic carbocycles. The highest BCUT2D eigenvalue weighted by Gasteiger charge is 2.16. The molecular formula is C14H21BrFNO. The van der Waals surface area contributed by atoms with Crippen LogP contribution in [0.2, 0.25) is 0 Å². The van der Waals surface area contributed by atoms with Gasteiger partial charge in [0.05, 0.1) is 4.47 Å². The van der Waals surface area contributed by atoms with Crippen LogP contribution in [0.3, 0.4) is 0 Å². The molecule has 0 saturated carbocycles. The highest BCUT2D eigenvalue weighted by atomic mass is 79.9. The van der Waals surface area contributed by atoms with Gasteiger partial charge in [0.1, 0.15) is 5.82 Å². The Hall–Kier alpha value is -0.450. The van der Waals surface area contributed by atoms with Gasteiger partial charge in [-0.15, -0.1) is 0 Å². The molecule has 0 bridgehead atoms. The summed E-state index contributed by atoms with van der Waals surface area (Å²) in [6.07, 6.45) is 1.82. The first kappa shape index (κ1) is 15.6. The Kier molecular flexibility index (Phi) is 6.26.